The number of nitrogens with one attached hydrogen (secondary N) is 1. The molecule has 0 atom stereocenters. The highest BCUT2D eigenvalue weighted by Crippen LogP contribution is 2.09. The van der Waals surface area contributed by atoms with Crippen molar-refractivity contribution in [1.82, 2.24) is 20.3 Å². The lowest BCUT2D eigenvalue weighted by Gasteiger charge is -2.02. The Labute approximate surface area is 107 Å². The highest BCUT2D eigenvalue weighted by Gasteiger charge is 2.01. The zero-order valence-corrected chi connectivity index (χ0v) is 10.6. The molecule has 0 radical (unpaired) electrons. The number of hydrogen-bond donors (Lipinski definition) is 1. The third-order valence-corrected chi connectivity index (χ3v) is 2.60. The molecule has 1 heterocycles. The molecular weight excluding hydrogens is 224 g/mol. The van der Waals surface area contributed by atoms with E-state index in [9.17, 15) is 0 Å². The van der Waals surface area contributed by atoms with Gasteiger partial charge < -0.3 is 5.32 Å². The van der Waals surface area contributed by atoms with Gasteiger partial charge in [-0.25, -0.2) is 4.68 Å². The van der Waals surface area contributed by atoms with Gasteiger partial charge in [0.25, 0.3) is 0 Å². The molecule has 0 unspecified atom stereocenters. The van der Waals surface area contributed by atoms with Crippen LogP contribution in [0.2, 0.25) is 0 Å². The Bertz CT molecular complexity index is 488. The van der Waals surface area contributed by atoms with Crippen molar-refractivity contribution in [1.29, 1.82) is 0 Å². The van der Waals surface area contributed by atoms with Gasteiger partial charge in [-0.2, -0.15) is 0 Å². The van der Waals surface area contributed by atoms with Crippen LogP contribution in [0.25, 0.3) is 11.8 Å². The second-order valence-electron chi connectivity index (χ2n) is 3.95. The molecule has 94 valence electrons. The number of benzene rings is 1. The van der Waals surface area contributed by atoms with E-state index in [0.717, 1.165) is 30.9 Å². The van der Waals surface area contributed by atoms with Crippen LogP contribution in [0.5, 0.6) is 0 Å². The van der Waals surface area contributed by atoms with Gasteiger partial charge >= 0.3 is 0 Å². The van der Waals surface area contributed by atoms with Crippen molar-refractivity contribution in [2.24, 2.45) is 0 Å². The van der Waals surface area contributed by atoms with E-state index in [-0.39, 0.29) is 0 Å². The summed E-state index contributed by atoms with van der Waals surface area (Å²) in [6, 6.07) is 10.0. The van der Waals surface area contributed by atoms with Gasteiger partial charge in [0.05, 0.1) is 17.6 Å². The minimum absolute atomic E-state index is 0.998. The average Bonchev–Trinajstić information content (AvgIpc) is 2.88. The standard InChI is InChI=1S/C14H18N4/c1-2-15-11-7-6-10-14-12-16-17-18(14)13-8-4-3-5-9-13/h3-6,8-10,12,15H,2,7,11H2,1H3/b10-6+. The molecular formula is C14H18N4. The molecule has 0 aliphatic rings. The van der Waals surface area contributed by atoms with E-state index in [1.54, 1.807) is 6.20 Å². The molecule has 0 bridgehead atoms. The summed E-state index contributed by atoms with van der Waals surface area (Å²) in [7, 11) is 0. The monoisotopic (exact) mass is 242 g/mol. The first-order valence-electron chi connectivity index (χ1n) is 6.25. The molecule has 4 nitrogen and oxygen atoms in total. The van der Waals surface area contributed by atoms with E-state index in [4.69, 9.17) is 0 Å². The van der Waals surface area contributed by atoms with E-state index in [0.29, 0.717) is 0 Å². The smallest absolute Gasteiger partial charge is 0.0868 e. The lowest BCUT2D eigenvalue weighted by Crippen LogP contribution is -2.12. The van der Waals surface area contributed by atoms with E-state index < -0.39 is 0 Å². The summed E-state index contributed by atoms with van der Waals surface area (Å²) in [6.45, 7) is 4.12. The van der Waals surface area contributed by atoms with Gasteiger partial charge in [-0.3, -0.25) is 0 Å². The van der Waals surface area contributed by atoms with Crippen molar-refractivity contribution in [2.45, 2.75) is 13.3 Å². The topological polar surface area (TPSA) is 42.7 Å². The predicted octanol–water partition coefficient (Wildman–Crippen LogP) is 2.28. The van der Waals surface area contributed by atoms with Crippen LogP contribution in [0, 0.1) is 0 Å². The number of aromatic nitrogens is 3. The van der Waals surface area contributed by atoms with E-state index in [1.165, 1.54) is 0 Å². The number of rotatable bonds is 6. The van der Waals surface area contributed by atoms with E-state index in [2.05, 4.69) is 34.7 Å². The molecule has 2 aromatic rings. The molecule has 1 aromatic heterocycles. The fraction of sp³-hybridized carbons (Fsp3) is 0.286. The molecule has 1 aromatic carbocycles. The SMILES string of the molecule is CCNCC/C=C/c1cnnn1-c1ccccc1. The van der Waals surface area contributed by atoms with Crippen molar-refractivity contribution in [3.05, 3.63) is 48.3 Å². The largest absolute Gasteiger partial charge is 0.317 e. The van der Waals surface area contributed by atoms with Crippen LogP contribution in [0.4, 0.5) is 0 Å². The third-order valence-electron chi connectivity index (χ3n) is 2.60. The van der Waals surface area contributed by atoms with Crippen LogP contribution in [0.15, 0.2) is 42.6 Å². The summed E-state index contributed by atoms with van der Waals surface area (Å²) in [5.74, 6) is 0. The Morgan fingerprint density at radius 2 is 2.11 bits per heavy atom. The predicted molar refractivity (Wildman–Crippen MR) is 73.6 cm³/mol. The highest BCUT2D eigenvalue weighted by molar-refractivity contribution is 5.47. The summed E-state index contributed by atoms with van der Waals surface area (Å²) >= 11 is 0. The fourth-order valence-corrected chi connectivity index (χ4v) is 1.69. The second-order valence-corrected chi connectivity index (χ2v) is 3.95. The minimum atomic E-state index is 0.998. The van der Waals surface area contributed by atoms with Crippen molar-refractivity contribution < 1.29 is 0 Å². The Morgan fingerprint density at radius 3 is 2.89 bits per heavy atom. The van der Waals surface area contributed by atoms with Crippen molar-refractivity contribution in [2.75, 3.05) is 13.1 Å². The first-order chi connectivity index (χ1) is 8.92. The van der Waals surface area contributed by atoms with Gasteiger partial charge in [-0.15, -0.1) is 5.10 Å². The maximum absolute atomic E-state index is 4.10. The molecule has 1 N–H and O–H groups in total. The molecule has 0 aliphatic carbocycles. The van der Waals surface area contributed by atoms with Crippen LogP contribution in [-0.2, 0) is 0 Å². The van der Waals surface area contributed by atoms with Crippen LogP contribution >= 0.6 is 0 Å². The van der Waals surface area contributed by atoms with Crippen LogP contribution in [0.3, 0.4) is 0 Å². The summed E-state index contributed by atoms with van der Waals surface area (Å²) in [5, 5.41) is 11.3. The Kier molecular flexibility index (Phi) is 4.67. The number of para-hydroxylation sites is 1. The van der Waals surface area contributed by atoms with Gasteiger partial charge in [0.15, 0.2) is 0 Å². The molecule has 2 rings (SSSR count). The fourth-order valence-electron chi connectivity index (χ4n) is 1.69. The third kappa shape index (κ3) is 3.28. The quantitative estimate of drug-likeness (QED) is 0.790. The summed E-state index contributed by atoms with van der Waals surface area (Å²) in [4.78, 5) is 0. The first kappa shape index (κ1) is 12.5. The summed E-state index contributed by atoms with van der Waals surface area (Å²) in [5.41, 5.74) is 2.03. The van der Waals surface area contributed by atoms with Crippen LogP contribution < -0.4 is 5.32 Å². The molecule has 4 heteroatoms. The molecule has 0 spiro atoms. The van der Waals surface area contributed by atoms with E-state index in [1.807, 2.05) is 35.0 Å². The molecule has 0 amide bonds. The number of nitrogens with zero attached hydrogens (tertiary/aromatic N) is 3. The first-order valence-corrected chi connectivity index (χ1v) is 6.25. The minimum Gasteiger partial charge on any atom is -0.317 e. The zero-order valence-electron chi connectivity index (χ0n) is 10.6. The highest BCUT2D eigenvalue weighted by atomic mass is 15.4. The molecule has 18 heavy (non-hydrogen) atoms. The Balaban J connectivity index is 2.04. The molecule has 0 saturated heterocycles. The maximum atomic E-state index is 4.10. The Hall–Kier alpha value is -1.94. The van der Waals surface area contributed by atoms with Gasteiger partial charge in [0.2, 0.25) is 0 Å². The van der Waals surface area contributed by atoms with Gasteiger partial charge in [0.1, 0.15) is 0 Å². The van der Waals surface area contributed by atoms with Gasteiger partial charge in [-0.05, 0) is 37.7 Å². The van der Waals surface area contributed by atoms with Gasteiger partial charge in [0, 0.05) is 0 Å². The summed E-state index contributed by atoms with van der Waals surface area (Å²) in [6.07, 6.45) is 6.98. The van der Waals surface area contributed by atoms with Crippen molar-refractivity contribution in [3.8, 4) is 5.69 Å². The normalized spacial score (nSPS) is 11.2. The van der Waals surface area contributed by atoms with Crippen LogP contribution in [0.1, 0.15) is 19.0 Å². The van der Waals surface area contributed by atoms with Crippen molar-refractivity contribution in [3.63, 3.8) is 0 Å². The maximum Gasteiger partial charge on any atom is 0.0868 e. The number of hydrogen-bond acceptors (Lipinski definition) is 3. The average molecular weight is 242 g/mol. The van der Waals surface area contributed by atoms with Crippen LogP contribution in [-0.4, -0.2) is 28.1 Å². The van der Waals surface area contributed by atoms with Crippen molar-refractivity contribution >= 4 is 6.08 Å². The lowest BCUT2D eigenvalue weighted by molar-refractivity contribution is 0.727. The second kappa shape index (κ2) is 6.71. The van der Waals surface area contributed by atoms with Gasteiger partial charge in [-0.1, -0.05) is 36.4 Å². The molecule has 0 saturated carbocycles. The molecule has 0 fully saturated rings. The Morgan fingerprint density at radius 1 is 1.28 bits per heavy atom. The lowest BCUT2D eigenvalue weighted by atomic mass is 10.3. The summed E-state index contributed by atoms with van der Waals surface area (Å²) < 4.78 is 1.84. The molecule has 0 aliphatic heterocycles. The zero-order chi connectivity index (χ0) is 12.6. The van der Waals surface area contributed by atoms with E-state index >= 15 is 0 Å².